The second kappa shape index (κ2) is 4.08. The zero-order valence-electron chi connectivity index (χ0n) is 10.4. The molecular weight excluding hydrogens is 184 g/mol. The lowest BCUT2D eigenvalue weighted by atomic mass is 9.58. The maximum atomic E-state index is 11.0. The zero-order chi connectivity index (χ0) is 10.9. The van der Waals surface area contributed by atoms with Crippen LogP contribution in [0, 0.1) is 11.3 Å². The Balaban J connectivity index is 2.14. The van der Waals surface area contributed by atoms with Gasteiger partial charge in [0, 0.05) is 0 Å². The molecule has 0 spiro atoms. The van der Waals surface area contributed by atoms with Gasteiger partial charge in [0.05, 0.1) is 5.60 Å². The quantitative estimate of drug-likeness (QED) is 0.696. The van der Waals surface area contributed by atoms with Crippen molar-refractivity contribution < 1.29 is 5.11 Å². The SMILES string of the molecule is CC1(C)CCCCC1(O)C1CCCCC1. The minimum Gasteiger partial charge on any atom is -0.389 e. The van der Waals surface area contributed by atoms with E-state index in [2.05, 4.69) is 13.8 Å². The van der Waals surface area contributed by atoms with Gasteiger partial charge in [-0.3, -0.25) is 0 Å². The molecule has 0 radical (unpaired) electrons. The maximum Gasteiger partial charge on any atom is 0.0726 e. The number of hydrogen-bond donors (Lipinski definition) is 1. The standard InChI is InChI=1S/C14H26O/c1-13(2)10-6-7-11-14(13,15)12-8-4-3-5-9-12/h12,15H,3-11H2,1-2H3. The Labute approximate surface area is 94.3 Å². The third-order valence-corrected chi connectivity index (χ3v) is 5.06. The van der Waals surface area contributed by atoms with E-state index in [1.807, 2.05) is 0 Å². The Kier molecular flexibility index (Phi) is 3.12. The first-order chi connectivity index (χ1) is 7.06. The van der Waals surface area contributed by atoms with Gasteiger partial charge >= 0.3 is 0 Å². The second-order valence-electron chi connectivity index (χ2n) is 6.35. The zero-order valence-corrected chi connectivity index (χ0v) is 10.4. The van der Waals surface area contributed by atoms with Crippen molar-refractivity contribution in [1.82, 2.24) is 0 Å². The first-order valence-electron chi connectivity index (χ1n) is 6.79. The summed E-state index contributed by atoms with van der Waals surface area (Å²) < 4.78 is 0. The van der Waals surface area contributed by atoms with Crippen molar-refractivity contribution in [3.8, 4) is 0 Å². The molecule has 0 amide bonds. The molecule has 2 saturated carbocycles. The molecule has 0 heterocycles. The van der Waals surface area contributed by atoms with E-state index in [1.165, 1.54) is 51.4 Å². The molecule has 1 heteroatoms. The van der Waals surface area contributed by atoms with E-state index in [0.29, 0.717) is 5.92 Å². The third kappa shape index (κ3) is 1.95. The van der Waals surface area contributed by atoms with Crippen molar-refractivity contribution in [3.63, 3.8) is 0 Å². The molecule has 2 aliphatic carbocycles. The molecule has 1 unspecified atom stereocenters. The highest BCUT2D eigenvalue weighted by atomic mass is 16.3. The van der Waals surface area contributed by atoms with E-state index in [0.717, 1.165) is 6.42 Å². The lowest BCUT2D eigenvalue weighted by Crippen LogP contribution is -2.53. The lowest BCUT2D eigenvalue weighted by Gasteiger charge is -2.52. The molecule has 2 aliphatic rings. The number of aliphatic hydroxyl groups is 1. The molecule has 15 heavy (non-hydrogen) atoms. The van der Waals surface area contributed by atoms with Gasteiger partial charge in [-0.2, -0.15) is 0 Å². The van der Waals surface area contributed by atoms with Crippen LogP contribution in [0.3, 0.4) is 0 Å². The molecule has 0 aromatic heterocycles. The molecule has 0 aliphatic heterocycles. The third-order valence-electron chi connectivity index (χ3n) is 5.06. The Morgan fingerprint density at radius 1 is 0.867 bits per heavy atom. The molecule has 0 aromatic rings. The molecule has 0 bridgehead atoms. The monoisotopic (exact) mass is 210 g/mol. The van der Waals surface area contributed by atoms with Gasteiger partial charge in [-0.05, 0) is 37.0 Å². The van der Waals surface area contributed by atoms with E-state index in [9.17, 15) is 5.11 Å². The van der Waals surface area contributed by atoms with Gasteiger partial charge in [0.1, 0.15) is 0 Å². The van der Waals surface area contributed by atoms with Crippen LogP contribution in [0.4, 0.5) is 0 Å². The van der Waals surface area contributed by atoms with Crippen LogP contribution >= 0.6 is 0 Å². The van der Waals surface area contributed by atoms with E-state index in [1.54, 1.807) is 0 Å². The Hall–Kier alpha value is -0.0400. The minimum atomic E-state index is -0.355. The Bertz CT molecular complexity index is 215. The minimum absolute atomic E-state index is 0.146. The summed E-state index contributed by atoms with van der Waals surface area (Å²) in [6.07, 6.45) is 11.4. The van der Waals surface area contributed by atoms with Crippen molar-refractivity contribution in [2.24, 2.45) is 11.3 Å². The number of hydrogen-bond acceptors (Lipinski definition) is 1. The van der Waals surface area contributed by atoms with Crippen LogP contribution in [0.25, 0.3) is 0 Å². The molecule has 1 N–H and O–H groups in total. The molecule has 1 nitrogen and oxygen atoms in total. The van der Waals surface area contributed by atoms with Crippen molar-refractivity contribution in [3.05, 3.63) is 0 Å². The second-order valence-corrected chi connectivity index (χ2v) is 6.35. The van der Waals surface area contributed by atoms with Crippen LogP contribution in [-0.4, -0.2) is 10.7 Å². The average Bonchev–Trinajstić information content (AvgIpc) is 2.24. The Morgan fingerprint density at radius 3 is 2.07 bits per heavy atom. The average molecular weight is 210 g/mol. The van der Waals surface area contributed by atoms with Crippen molar-refractivity contribution in [2.45, 2.75) is 77.2 Å². The van der Waals surface area contributed by atoms with Gasteiger partial charge in [0.25, 0.3) is 0 Å². The molecule has 1 atom stereocenters. The highest BCUT2D eigenvalue weighted by molar-refractivity contribution is 5.01. The van der Waals surface area contributed by atoms with Crippen molar-refractivity contribution >= 4 is 0 Å². The van der Waals surface area contributed by atoms with Crippen LogP contribution in [0.15, 0.2) is 0 Å². The predicted molar refractivity (Wildman–Crippen MR) is 63.8 cm³/mol. The summed E-state index contributed by atoms with van der Waals surface area (Å²) in [7, 11) is 0. The summed E-state index contributed by atoms with van der Waals surface area (Å²) in [5.41, 5.74) is -0.209. The fourth-order valence-electron chi connectivity index (χ4n) is 3.85. The van der Waals surface area contributed by atoms with E-state index in [4.69, 9.17) is 0 Å². The topological polar surface area (TPSA) is 20.2 Å². The van der Waals surface area contributed by atoms with Crippen molar-refractivity contribution in [1.29, 1.82) is 0 Å². The fourth-order valence-corrected chi connectivity index (χ4v) is 3.85. The van der Waals surface area contributed by atoms with Gasteiger partial charge in [-0.1, -0.05) is 46.0 Å². The summed E-state index contributed by atoms with van der Waals surface area (Å²) in [6.45, 7) is 4.56. The first-order valence-corrected chi connectivity index (χ1v) is 6.79. The van der Waals surface area contributed by atoms with Crippen LogP contribution < -0.4 is 0 Å². The van der Waals surface area contributed by atoms with Crippen LogP contribution in [-0.2, 0) is 0 Å². The molecule has 0 saturated heterocycles. The first kappa shape index (κ1) is 11.4. The van der Waals surface area contributed by atoms with E-state index in [-0.39, 0.29) is 11.0 Å². The van der Waals surface area contributed by atoms with Gasteiger partial charge in [0.2, 0.25) is 0 Å². The molecule has 88 valence electrons. The molecular formula is C14H26O. The summed E-state index contributed by atoms with van der Waals surface area (Å²) in [5, 5.41) is 11.0. The molecule has 2 rings (SSSR count). The van der Waals surface area contributed by atoms with Gasteiger partial charge in [-0.15, -0.1) is 0 Å². The fraction of sp³-hybridized carbons (Fsp3) is 1.00. The summed E-state index contributed by atoms with van der Waals surface area (Å²) in [5.74, 6) is 0.585. The summed E-state index contributed by atoms with van der Waals surface area (Å²) in [4.78, 5) is 0. The predicted octanol–water partition coefficient (Wildman–Crippen LogP) is 3.90. The van der Waals surface area contributed by atoms with Crippen LogP contribution in [0.5, 0.6) is 0 Å². The number of rotatable bonds is 1. The normalized spacial score (nSPS) is 37.8. The summed E-state index contributed by atoms with van der Waals surface area (Å²) >= 11 is 0. The highest BCUT2D eigenvalue weighted by Crippen LogP contribution is 2.51. The van der Waals surface area contributed by atoms with Gasteiger partial charge in [0.15, 0.2) is 0 Å². The Morgan fingerprint density at radius 2 is 1.47 bits per heavy atom. The molecule has 0 aromatic carbocycles. The largest absolute Gasteiger partial charge is 0.389 e. The van der Waals surface area contributed by atoms with Gasteiger partial charge in [-0.25, -0.2) is 0 Å². The van der Waals surface area contributed by atoms with E-state index < -0.39 is 0 Å². The smallest absolute Gasteiger partial charge is 0.0726 e. The van der Waals surface area contributed by atoms with Crippen molar-refractivity contribution in [2.75, 3.05) is 0 Å². The highest BCUT2D eigenvalue weighted by Gasteiger charge is 2.49. The van der Waals surface area contributed by atoms with Crippen LogP contribution in [0.1, 0.15) is 71.6 Å². The molecule has 2 fully saturated rings. The van der Waals surface area contributed by atoms with E-state index >= 15 is 0 Å². The van der Waals surface area contributed by atoms with Crippen LogP contribution in [0.2, 0.25) is 0 Å². The maximum absolute atomic E-state index is 11.0. The van der Waals surface area contributed by atoms with Gasteiger partial charge < -0.3 is 5.11 Å². The lowest BCUT2D eigenvalue weighted by molar-refractivity contribution is -0.145. The summed E-state index contributed by atoms with van der Waals surface area (Å²) in [6, 6.07) is 0.